The minimum absolute atomic E-state index is 0.0115. The molecule has 0 radical (unpaired) electrons. The van der Waals surface area contributed by atoms with E-state index in [0.29, 0.717) is 11.3 Å². The number of piperidine rings is 1. The monoisotopic (exact) mass is 453 g/mol. The summed E-state index contributed by atoms with van der Waals surface area (Å²) in [6.07, 6.45) is 3.69. The van der Waals surface area contributed by atoms with E-state index in [-0.39, 0.29) is 11.7 Å². The van der Waals surface area contributed by atoms with Crippen molar-refractivity contribution in [2.45, 2.75) is 36.7 Å². The molecule has 2 heterocycles. The van der Waals surface area contributed by atoms with Gasteiger partial charge in [-0.15, -0.1) is 10.2 Å². The number of likely N-dealkylation sites (tertiary alicyclic amines) is 1. The summed E-state index contributed by atoms with van der Waals surface area (Å²) >= 11 is 1.58. The zero-order chi connectivity index (χ0) is 22.5. The van der Waals surface area contributed by atoms with Crippen molar-refractivity contribution in [3.63, 3.8) is 0 Å². The summed E-state index contributed by atoms with van der Waals surface area (Å²) in [5.41, 5.74) is 2.62. The van der Waals surface area contributed by atoms with E-state index in [1.807, 2.05) is 28.8 Å². The molecule has 1 aliphatic heterocycles. The van der Waals surface area contributed by atoms with Gasteiger partial charge in [0.15, 0.2) is 11.0 Å². The fraction of sp³-hybridized carbons (Fsp3) is 0.375. The molecule has 4 rings (SSSR count). The van der Waals surface area contributed by atoms with Crippen LogP contribution in [0.5, 0.6) is 0 Å². The molecule has 0 bridgehead atoms. The quantitative estimate of drug-likeness (QED) is 0.497. The molecular formula is C24H28FN5OS. The van der Waals surface area contributed by atoms with E-state index in [4.69, 9.17) is 0 Å². The van der Waals surface area contributed by atoms with Crippen LogP contribution in [0.15, 0.2) is 53.7 Å². The Morgan fingerprint density at radius 1 is 1.00 bits per heavy atom. The molecule has 2 aromatic carbocycles. The summed E-state index contributed by atoms with van der Waals surface area (Å²) in [5.74, 6) is 1.29. The number of carbonyl (C=O) groups is 1. The number of aromatic nitrogens is 3. The lowest BCUT2D eigenvalue weighted by atomic mass is 10.1. The second-order valence-corrected chi connectivity index (χ2v) is 9.18. The third kappa shape index (κ3) is 5.37. The third-order valence-corrected chi connectivity index (χ3v) is 6.57. The van der Waals surface area contributed by atoms with Crippen molar-refractivity contribution >= 4 is 17.7 Å². The number of amides is 1. The number of halogens is 1. The van der Waals surface area contributed by atoms with Crippen LogP contribution in [0.25, 0.3) is 5.69 Å². The van der Waals surface area contributed by atoms with Gasteiger partial charge in [0, 0.05) is 31.1 Å². The number of benzene rings is 2. The van der Waals surface area contributed by atoms with Crippen molar-refractivity contribution < 1.29 is 9.18 Å². The Morgan fingerprint density at radius 3 is 2.34 bits per heavy atom. The first-order valence-corrected chi connectivity index (χ1v) is 11.9. The van der Waals surface area contributed by atoms with Crippen LogP contribution in [0.3, 0.4) is 0 Å². The number of hydrogen-bond donors (Lipinski definition) is 0. The van der Waals surface area contributed by atoms with Crippen LogP contribution >= 0.6 is 11.8 Å². The highest BCUT2D eigenvalue weighted by Crippen LogP contribution is 2.27. The zero-order valence-corrected chi connectivity index (χ0v) is 19.3. The van der Waals surface area contributed by atoms with Gasteiger partial charge in [-0.1, -0.05) is 30.3 Å². The van der Waals surface area contributed by atoms with Crippen LogP contribution in [0.4, 0.5) is 4.39 Å². The van der Waals surface area contributed by atoms with E-state index < -0.39 is 0 Å². The van der Waals surface area contributed by atoms with Crippen molar-refractivity contribution in [3.8, 4) is 5.69 Å². The smallest absolute Gasteiger partial charge is 0.253 e. The molecule has 0 spiro atoms. The van der Waals surface area contributed by atoms with Crippen molar-refractivity contribution in [2.75, 3.05) is 27.2 Å². The molecule has 1 aromatic heterocycles. The molecule has 0 atom stereocenters. The van der Waals surface area contributed by atoms with Gasteiger partial charge in [0.2, 0.25) is 0 Å². The Hall–Kier alpha value is -2.71. The van der Waals surface area contributed by atoms with Gasteiger partial charge >= 0.3 is 0 Å². The molecular weight excluding hydrogens is 425 g/mol. The summed E-state index contributed by atoms with van der Waals surface area (Å²) < 4.78 is 15.6. The van der Waals surface area contributed by atoms with E-state index in [0.717, 1.165) is 41.9 Å². The highest BCUT2D eigenvalue weighted by atomic mass is 32.2. The largest absolute Gasteiger partial charge is 0.345 e. The minimum atomic E-state index is -0.263. The molecule has 0 N–H and O–H groups in total. The molecule has 1 amide bonds. The lowest BCUT2D eigenvalue weighted by Gasteiger charge is -2.26. The van der Waals surface area contributed by atoms with Gasteiger partial charge in [-0.25, -0.2) is 4.39 Å². The summed E-state index contributed by atoms with van der Waals surface area (Å²) in [6, 6.07) is 14.1. The van der Waals surface area contributed by atoms with Crippen LogP contribution in [0.2, 0.25) is 0 Å². The molecule has 1 fully saturated rings. The summed E-state index contributed by atoms with van der Waals surface area (Å²) in [6.45, 7) is 2.86. The fourth-order valence-electron chi connectivity index (χ4n) is 3.81. The van der Waals surface area contributed by atoms with Gasteiger partial charge < -0.3 is 4.90 Å². The average molecular weight is 454 g/mol. The van der Waals surface area contributed by atoms with Crippen molar-refractivity contribution in [2.24, 2.45) is 0 Å². The molecule has 1 aliphatic rings. The lowest BCUT2D eigenvalue weighted by molar-refractivity contribution is 0.0827. The minimum Gasteiger partial charge on any atom is -0.345 e. The van der Waals surface area contributed by atoms with E-state index in [1.54, 1.807) is 42.9 Å². The predicted molar refractivity (Wildman–Crippen MR) is 124 cm³/mol. The summed E-state index contributed by atoms with van der Waals surface area (Å²) in [5, 5.41) is 9.72. The second-order valence-electron chi connectivity index (χ2n) is 8.23. The number of nitrogens with zero attached hydrogens (tertiary/aromatic N) is 5. The first-order chi connectivity index (χ1) is 15.5. The maximum Gasteiger partial charge on any atom is 0.253 e. The Morgan fingerprint density at radius 2 is 1.69 bits per heavy atom. The Balaban J connectivity index is 1.53. The number of hydrogen-bond acceptors (Lipinski definition) is 5. The van der Waals surface area contributed by atoms with Gasteiger partial charge in [-0.3, -0.25) is 14.3 Å². The Labute approximate surface area is 192 Å². The molecule has 3 aromatic rings. The van der Waals surface area contributed by atoms with Gasteiger partial charge in [0.25, 0.3) is 5.91 Å². The number of rotatable bonds is 7. The summed E-state index contributed by atoms with van der Waals surface area (Å²) in [7, 11) is 3.49. The van der Waals surface area contributed by atoms with E-state index in [2.05, 4.69) is 15.1 Å². The summed E-state index contributed by atoms with van der Waals surface area (Å²) in [4.78, 5) is 16.1. The Kier molecular flexibility index (Phi) is 7.22. The van der Waals surface area contributed by atoms with E-state index in [9.17, 15) is 9.18 Å². The topological polar surface area (TPSA) is 54.3 Å². The zero-order valence-electron chi connectivity index (χ0n) is 18.5. The molecule has 32 heavy (non-hydrogen) atoms. The lowest BCUT2D eigenvalue weighted by Crippen LogP contribution is -2.30. The van der Waals surface area contributed by atoms with Gasteiger partial charge in [0.1, 0.15) is 5.82 Å². The standard InChI is InChI=1S/C24H28FN5OS/c1-28(2)23(31)19-8-6-18(7-9-19)17-32-24-27-26-22(16-29-14-4-3-5-15-29)30(24)21-12-10-20(25)11-13-21/h6-13H,3-5,14-17H2,1-2H3. The average Bonchev–Trinajstić information content (AvgIpc) is 3.21. The van der Waals surface area contributed by atoms with Gasteiger partial charge in [0.05, 0.1) is 6.54 Å². The van der Waals surface area contributed by atoms with Crippen molar-refractivity contribution in [1.29, 1.82) is 0 Å². The number of carbonyl (C=O) groups excluding carboxylic acids is 1. The number of thioether (sulfide) groups is 1. The van der Waals surface area contributed by atoms with Crippen LogP contribution in [0, 0.1) is 5.82 Å². The first kappa shape index (κ1) is 22.5. The van der Waals surface area contributed by atoms with Gasteiger partial charge in [-0.2, -0.15) is 0 Å². The molecule has 0 saturated carbocycles. The molecule has 0 aliphatic carbocycles. The van der Waals surface area contributed by atoms with E-state index >= 15 is 0 Å². The molecule has 0 unspecified atom stereocenters. The second kappa shape index (κ2) is 10.3. The highest BCUT2D eigenvalue weighted by molar-refractivity contribution is 7.98. The third-order valence-electron chi connectivity index (χ3n) is 5.57. The van der Waals surface area contributed by atoms with Gasteiger partial charge in [-0.05, 0) is 67.9 Å². The van der Waals surface area contributed by atoms with E-state index in [1.165, 1.54) is 31.4 Å². The van der Waals surface area contributed by atoms with Crippen molar-refractivity contribution in [1.82, 2.24) is 24.6 Å². The van der Waals surface area contributed by atoms with Crippen molar-refractivity contribution in [3.05, 3.63) is 71.3 Å². The Bertz CT molecular complexity index is 1040. The first-order valence-electron chi connectivity index (χ1n) is 10.9. The predicted octanol–water partition coefficient (Wildman–Crippen LogP) is 4.39. The van der Waals surface area contributed by atoms with Crippen LogP contribution < -0.4 is 0 Å². The fourth-order valence-corrected chi connectivity index (χ4v) is 4.74. The van der Waals surface area contributed by atoms with Crippen LogP contribution in [-0.4, -0.2) is 57.7 Å². The maximum atomic E-state index is 13.5. The molecule has 1 saturated heterocycles. The van der Waals surface area contributed by atoms with Crippen LogP contribution in [-0.2, 0) is 12.3 Å². The molecule has 6 nitrogen and oxygen atoms in total. The highest BCUT2D eigenvalue weighted by Gasteiger charge is 2.19. The van der Waals surface area contributed by atoms with Crippen LogP contribution in [0.1, 0.15) is 41.0 Å². The maximum absolute atomic E-state index is 13.5. The SMILES string of the molecule is CN(C)C(=O)c1ccc(CSc2nnc(CN3CCCCC3)n2-c2ccc(F)cc2)cc1. The normalized spacial score (nSPS) is 14.5. The molecule has 168 valence electrons. The molecule has 8 heteroatoms.